The number of carbonyl (C=O) groups is 1. The number of aromatic amines is 1. The van der Waals surface area contributed by atoms with Crippen molar-refractivity contribution in [3.05, 3.63) is 136 Å². The number of ether oxygens (including phenoxy) is 3. The number of piperidine rings is 1. The first-order chi connectivity index (χ1) is 37.8. The predicted molar refractivity (Wildman–Crippen MR) is 293 cm³/mol. The number of anilines is 2. The molecule has 4 fully saturated rings. The molecule has 2 aliphatic heterocycles. The third-order valence-corrected chi connectivity index (χ3v) is 18.0. The van der Waals surface area contributed by atoms with Crippen molar-refractivity contribution in [2.75, 3.05) is 56.6 Å². The van der Waals surface area contributed by atoms with Crippen LogP contribution >= 0.6 is 0 Å². The van der Waals surface area contributed by atoms with E-state index in [0.29, 0.717) is 51.0 Å². The number of benzene rings is 4. The van der Waals surface area contributed by atoms with Crippen LogP contribution < -0.4 is 29.1 Å². The number of pyridine rings is 1. The van der Waals surface area contributed by atoms with Crippen molar-refractivity contribution in [1.82, 2.24) is 24.5 Å². The monoisotopic (exact) mass is 1110 g/mol. The van der Waals surface area contributed by atoms with Crippen molar-refractivity contribution in [3.8, 4) is 23.0 Å². The molecule has 1 spiro atoms. The highest BCUT2D eigenvalue weighted by molar-refractivity contribution is 7.90. The lowest BCUT2D eigenvalue weighted by atomic mass is 9.59. The number of nitrogens with zero attached hydrogens (tertiary/aromatic N) is 5. The van der Waals surface area contributed by atoms with Gasteiger partial charge in [0, 0.05) is 81.9 Å². The second kappa shape index (κ2) is 22.7. The van der Waals surface area contributed by atoms with E-state index in [-0.39, 0.29) is 62.7 Å². The number of aliphatic hydroxyl groups is 1. The van der Waals surface area contributed by atoms with E-state index in [1.54, 1.807) is 31.2 Å². The molecule has 2 aliphatic carbocycles. The molecule has 0 bridgehead atoms. The van der Waals surface area contributed by atoms with Crippen molar-refractivity contribution in [1.29, 1.82) is 0 Å². The molecule has 1 unspecified atom stereocenters. The van der Waals surface area contributed by atoms with Crippen LogP contribution in [0.4, 0.5) is 30.2 Å². The first-order valence-electron chi connectivity index (χ1n) is 27.0. The van der Waals surface area contributed by atoms with Crippen LogP contribution in [0.2, 0.25) is 0 Å². The third-order valence-electron chi connectivity index (χ3n) is 16.7. The SMILES string of the molecule is COc1ccc(CN2CCN(C3CC4(CCN(c5ccc(C(=O)NS(=O)(=O)c6ccc(NC[C@H]7CC[C@](C)(O)CC7)c([N+](=O)[O-])c6)c(Oc6cnc7[nH]cc(F)c7c6)c5)CC4)C3)C(c3ccccc3C(C)C)C2)cc1OC(F)F. The van der Waals surface area contributed by atoms with Crippen molar-refractivity contribution in [2.45, 2.75) is 114 Å². The number of hydrogen-bond donors (Lipinski definition) is 4. The quantitative estimate of drug-likeness (QED) is 0.0467. The van der Waals surface area contributed by atoms with E-state index in [9.17, 15) is 41.6 Å². The van der Waals surface area contributed by atoms with Crippen LogP contribution in [-0.2, 0) is 16.6 Å². The van der Waals surface area contributed by atoms with Crippen molar-refractivity contribution < 1.29 is 50.6 Å². The lowest BCUT2D eigenvalue weighted by Gasteiger charge is -2.58. The molecular formula is C58H67F3N8O9S. The van der Waals surface area contributed by atoms with Gasteiger partial charge >= 0.3 is 6.61 Å². The molecule has 4 heterocycles. The number of hydrogen-bond acceptors (Lipinski definition) is 14. The Labute approximate surface area is 457 Å². The number of nitro groups is 1. The smallest absolute Gasteiger partial charge is 0.387 e. The Morgan fingerprint density at radius 2 is 1.71 bits per heavy atom. The van der Waals surface area contributed by atoms with E-state index in [0.717, 1.165) is 75.5 Å². The summed E-state index contributed by atoms with van der Waals surface area (Å²) in [7, 11) is -3.25. The number of amides is 1. The zero-order chi connectivity index (χ0) is 55.8. The van der Waals surface area contributed by atoms with Gasteiger partial charge in [0.1, 0.15) is 28.7 Å². The minimum absolute atomic E-state index is 0.0109. The zero-order valence-electron chi connectivity index (χ0n) is 44.7. The molecule has 1 amide bonds. The minimum atomic E-state index is -4.67. The summed E-state index contributed by atoms with van der Waals surface area (Å²) in [5, 5.41) is 25.8. The highest BCUT2D eigenvalue weighted by atomic mass is 32.2. The van der Waals surface area contributed by atoms with Gasteiger partial charge in [0.15, 0.2) is 11.5 Å². The van der Waals surface area contributed by atoms with Crippen molar-refractivity contribution in [3.63, 3.8) is 0 Å². The normalized spacial score (nSPS) is 21.1. The van der Waals surface area contributed by atoms with Gasteiger partial charge < -0.3 is 34.5 Å². The Bertz CT molecular complexity index is 3320. The predicted octanol–water partition coefficient (Wildman–Crippen LogP) is 10.9. The first kappa shape index (κ1) is 55.4. The fourth-order valence-electron chi connectivity index (χ4n) is 12.2. The fraction of sp³-hybridized carbons (Fsp3) is 0.448. The van der Waals surface area contributed by atoms with E-state index < -0.39 is 49.5 Å². The summed E-state index contributed by atoms with van der Waals surface area (Å²) in [6.07, 6.45) is 9.07. The molecule has 4 aliphatic rings. The highest BCUT2D eigenvalue weighted by Crippen LogP contribution is 2.53. The summed E-state index contributed by atoms with van der Waals surface area (Å²) in [5.74, 6) is -0.795. The Hall–Kier alpha value is -6.94. The Balaban J connectivity index is 0.836. The second-order valence-electron chi connectivity index (χ2n) is 22.4. The Kier molecular flexibility index (Phi) is 15.9. The van der Waals surface area contributed by atoms with Crippen LogP contribution in [0.3, 0.4) is 0 Å². The van der Waals surface area contributed by atoms with Crippen LogP contribution in [0, 0.1) is 27.3 Å². The van der Waals surface area contributed by atoms with Crippen molar-refractivity contribution >= 4 is 44.0 Å². The maximum absolute atomic E-state index is 14.8. The van der Waals surface area contributed by atoms with Crippen LogP contribution in [0.25, 0.3) is 11.0 Å². The maximum atomic E-state index is 14.8. The van der Waals surface area contributed by atoms with E-state index in [4.69, 9.17) is 14.2 Å². The maximum Gasteiger partial charge on any atom is 0.387 e. The van der Waals surface area contributed by atoms with Gasteiger partial charge in [-0.15, -0.1) is 0 Å². The molecule has 420 valence electrons. The second-order valence-corrected chi connectivity index (χ2v) is 24.0. The number of piperazine rings is 1. The van der Waals surface area contributed by atoms with E-state index in [2.05, 4.69) is 72.8 Å². The largest absolute Gasteiger partial charge is 0.493 e. The number of nitrogens with one attached hydrogen (secondary N) is 3. The van der Waals surface area contributed by atoms with Gasteiger partial charge in [0.25, 0.3) is 21.6 Å². The number of halogens is 3. The van der Waals surface area contributed by atoms with Crippen LogP contribution in [-0.4, -0.2) is 109 Å². The molecule has 1 atom stereocenters. The molecule has 0 radical (unpaired) electrons. The van der Waals surface area contributed by atoms with Crippen LogP contribution in [0.5, 0.6) is 23.0 Å². The highest BCUT2D eigenvalue weighted by Gasteiger charge is 2.50. The number of aromatic nitrogens is 2. The van der Waals surface area contributed by atoms with Gasteiger partial charge in [0.05, 0.1) is 39.7 Å². The standard InChI is InChI=1S/C58H67F3N8O9S/c1-36(2)43-7-5-6-8-44(43)50-35-66(34-38-9-14-51(76-4)53(25-38)78-56(60)61)23-24-68(50)40-29-58(30-40)19-21-67(22-20-58)39-10-12-45(52(26-39)77-41-27-46-47(59)33-64-54(46)63-32-41)55(70)65-79(74,75)42-11-13-48(49(28-42)69(72)73)62-31-37-15-17-57(3,71)18-16-37/h5-14,25-28,32-33,36-37,40,50,56,62,71H,15-24,29-31,34-35H2,1-4H3,(H,63,64)(H,65,70)/t37-,50?,57-. The molecule has 21 heteroatoms. The van der Waals surface area contributed by atoms with E-state index in [1.807, 2.05) is 6.07 Å². The Morgan fingerprint density at radius 3 is 2.43 bits per heavy atom. The number of alkyl halides is 2. The zero-order valence-corrected chi connectivity index (χ0v) is 45.5. The molecule has 2 saturated carbocycles. The molecule has 4 N–H and O–H groups in total. The van der Waals surface area contributed by atoms with Gasteiger partial charge in [-0.05, 0) is 135 Å². The number of nitro benzene ring substituents is 1. The average molecular weight is 1110 g/mol. The summed E-state index contributed by atoms with van der Waals surface area (Å²) in [5.41, 5.74) is 3.33. The lowest BCUT2D eigenvalue weighted by molar-refractivity contribution is -0.384. The molecule has 4 aromatic carbocycles. The number of H-pyrrole nitrogens is 1. The molecular weight excluding hydrogens is 1040 g/mol. The third kappa shape index (κ3) is 12.3. The number of sulfonamides is 1. The van der Waals surface area contributed by atoms with Gasteiger partial charge in [-0.2, -0.15) is 8.78 Å². The number of rotatable bonds is 18. The van der Waals surface area contributed by atoms with Gasteiger partial charge in [-0.1, -0.05) is 44.2 Å². The van der Waals surface area contributed by atoms with Crippen LogP contribution in [0.15, 0.2) is 102 Å². The average Bonchev–Trinajstić information content (AvgIpc) is 3.93. The number of methoxy groups -OCH3 is 1. The van der Waals surface area contributed by atoms with Gasteiger partial charge in [-0.25, -0.2) is 22.5 Å². The summed E-state index contributed by atoms with van der Waals surface area (Å²) in [4.78, 5) is 39.5. The molecule has 6 aromatic rings. The molecule has 2 aromatic heterocycles. The number of fused-ring (bicyclic) bond motifs is 1. The topological polar surface area (TPSA) is 205 Å². The van der Waals surface area contributed by atoms with Crippen molar-refractivity contribution in [2.24, 2.45) is 11.3 Å². The summed E-state index contributed by atoms with van der Waals surface area (Å²) in [6.45, 7) is 7.99. The molecule has 2 saturated heterocycles. The molecule has 17 nitrogen and oxygen atoms in total. The first-order valence-corrected chi connectivity index (χ1v) is 28.4. The van der Waals surface area contributed by atoms with E-state index in [1.165, 1.54) is 54.9 Å². The lowest BCUT2D eigenvalue weighted by Crippen LogP contribution is -2.60. The fourth-order valence-corrected chi connectivity index (χ4v) is 13.2. The van der Waals surface area contributed by atoms with Gasteiger partial charge in [0.2, 0.25) is 0 Å². The minimum Gasteiger partial charge on any atom is -0.493 e. The molecule has 10 rings (SSSR count). The van der Waals surface area contributed by atoms with Gasteiger partial charge in [-0.3, -0.25) is 24.7 Å². The van der Waals surface area contributed by atoms with Crippen LogP contribution in [0.1, 0.15) is 111 Å². The summed E-state index contributed by atoms with van der Waals surface area (Å²) < 4.78 is 87.6. The van der Waals surface area contributed by atoms with E-state index >= 15 is 0 Å². The number of carbonyl (C=O) groups excluding carboxylic acids is 1. The summed E-state index contributed by atoms with van der Waals surface area (Å²) >= 11 is 0. The Morgan fingerprint density at radius 1 is 0.949 bits per heavy atom. The summed E-state index contributed by atoms with van der Waals surface area (Å²) in [6, 6.07) is 24.0. The molecule has 79 heavy (non-hydrogen) atoms.